The van der Waals surface area contributed by atoms with E-state index in [0.717, 1.165) is 29.9 Å². The number of rotatable bonds is 6. The minimum Gasteiger partial charge on any atom is -0.169 e. The number of halogens is 7. The molecule has 1 aliphatic carbocycles. The normalized spacial score (nSPS) is 14.6. The smallest absolute Gasteiger partial charge is 0.169 e. The van der Waals surface area contributed by atoms with Gasteiger partial charge in [-0.25, -0.2) is 0 Å². The Morgan fingerprint density at radius 1 is 0.750 bits per heavy atom. The Morgan fingerprint density at radius 3 is 1.75 bits per heavy atom. The third kappa shape index (κ3) is 7.64. The van der Waals surface area contributed by atoms with Crippen molar-refractivity contribution in [2.45, 2.75) is 69.0 Å². The zero-order valence-electron chi connectivity index (χ0n) is 25.0. The van der Waals surface area contributed by atoms with Crippen molar-refractivity contribution in [3.63, 3.8) is 0 Å². The maximum absolute atomic E-state index is 15.4. The molecular weight excluding hydrogens is 725 g/mol. The highest BCUT2D eigenvalue weighted by atomic mass is 127. The lowest BCUT2D eigenvalue weighted by molar-refractivity contribution is -0.288. The molecule has 0 atom stereocenters. The molecule has 4 rings (SSSR count). The molecule has 0 aromatic heterocycles. The van der Waals surface area contributed by atoms with E-state index in [9.17, 15) is 0 Å². The van der Waals surface area contributed by atoms with Crippen LogP contribution in [0.2, 0.25) is 0 Å². The van der Waals surface area contributed by atoms with E-state index in [1.807, 2.05) is 55.8 Å². The molecule has 1 aliphatic rings. The third-order valence-electron chi connectivity index (χ3n) is 7.38. The average molecular weight is 761 g/mol. The van der Waals surface area contributed by atoms with Crippen LogP contribution < -0.4 is 0 Å². The summed E-state index contributed by atoms with van der Waals surface area (Å²) >= 11 is 3.24. The Bertz CT molecular complexity index is 1480. The number of hydrogen-bond donors (Lipinski definition) is 1. The van der Waals surface area contributed by atoms with Gasteiger partial charge in [0.1, 0.15) is 0 Å². The first-order valence-corrected chi connectivity index (χ1v) is 18.0. The molecule has 236 valence electrons. The summed E-state index contributed by atoms with van der Waals surface area (Å²) in [5.74, 6) is 0. The second kappa shape index (κ2) is 14.5. The summed E-state index contributed by atoms with van der Waals surface area (Å²) in [6.45, 7) is 9.59. The third-order valence-corrected chi connectivity index (χ3v) is 8.46. The van der Waals surface area contributed by atoms with Gasteiger partial charge < -0.3 is 0 Å². The molecular formula is C35H35F6IS2. The molecule has 3 aromatic rings. The number of hydrogen-bond acceptors (Lipinski definition) is 2. The Balaban J connectivity index is 0.00000259. The highest BCUT2D eigenvalue weighted by Crippen LogP contribution is 2.58. The van der Waals surface area contributed by atoms with Gasteiger partial charge in [-0.05, 0) is 84.7 Å². The van der Waals surface area contributed by atoms with Gasteiger partial charge in [-0.15, -0.1) is 21.6 Å². The molecule has 0 saturated carbocycles. The highest BCUT2D eigenvalue weighted by Gasteiger charge is 2.73. The molecule has 0 heterocycles. The van der Waals surface area contributed by atoms with Crippen molar-refractivity contribution < 1.29 is 26.3 Å². The first-order valence-electron chi connectivity index (χ1n) is 13.9. The van der Waals surface area contributed by atoms with Crippen molar-refractivity contribution in [1.29, 1.82) is 0 Å². The van der Waals surface area contributed by atoms with Crippen molar-refractivity contribution in [1.82, 2.24) is 0 Å². The zero-order valence-corrected chi connectivity index (χ0v) is 28.9. The molecule has 0 nitrogen and oxygen atoms in total. The first-order chi connectivity index (χ1) is 20.6. The van der Waals surface area contributed by atoms with Crippen LogP contribution in [0.25, 0.3) is 16.7 Å². The zero-order chi connectivity index (χ0) is 32.9. The molecule has 0 aliphatic heterocycles. The molecule has 0 unspecified atom stereocenters. The Hall–Kier alpha value is -2.11. The SMILES string of the molecule is CC(C)Sc1ccc(C(C2=CC(c3ccccc3)=C(C(C)(C)C)CC=C2)(C(F)(F)F)C(F)(F)F)cc1-c1ccccc1.SI. The summed E-state index contributed by atoms with van der Waals surface area (Å²) in [5, 5.41) is 0.0650. The summed E-state index contributed by atoms with van der Waals surface area (Å²) in [7, 11) is 3.50. The lowest BCUT2D eigenvalue weighted by Gasteiger charge is -2.39. The van der Waals surface area contributed by atoms with Crippen LogP contribution in [0.5, 0.6) is 0 Å². The van der Waals surface area contributed by atoms with Gasteiger partial charge in [0.15, 0.2) is 0 Å². The first kappa shape index (κ1) is 36.4. The van der Waals surface area contributed by atoms with Crippen LogP contribution in [0.3, 0.4) is 0 Å². The Morgan fingerprint density at radius 2 is 1.27 bits per heavy atom. The van der Waals surface area contributed by atoms with Gasteiger partial charge >= 0.3 is 12.4 Å². The van der Waals surface area contributed by atoms with Gasteiger partial charge in [0.25, 0.3) is 0 Å². The molecule has 0 fully saturated rings. The molecule has 9 heteroatoms. The molecule has 0 spiro atoms. The number of thiol groups is 1. The van der Waals surface area contributed by atoms with E-state index in [1.54, 1.807) is 60.7 Å². The van der Waals surface area contributed by atoms with Gasteiger partial charge in [-0.1, -0.05) is 119 Å². The predicted octanol–water partition coefficient (Wildman–Crippen LogP) is 12.9. The van der Waals surface area contributed by atoms with Gasteiger partial charge in [0, 0.05) is 10.1 Å². The van der Waals surface area contributed by atoms with Gasteiger partial charge in [-0.2, -0.15) is 26.3 Å². The van der Waals surface area contributed by atoms with Gasteiger partial charge in [0.2, 0.25) is 5.41 Å². The van der Waals surface area contributed by atoms with Gasteiger partial charge in [0.05, 0.1) is 0 Å². The lowest BCUT2D eigenvalue weighted by atomic mass is 9.70. The van der Waals surface area contributed by atoms with Crippen molar-refractivity contribution in [3.05, 3.63) is 119 Å². The quantitative estimate of drug-likeness (QED) is 0.113. The minimum absolute atomic E-state index is 0.0650. The van der Waals surface area contributed by atoms with Crippen LogP contribution in [0.4, 0.5) is 26.3 Å². The lowest BCUT2D eigenvalue weighted by Crippen LogP contribution is -2.55. The molecule has 3 aromatic carbocycles. The molecule has 0 amide bonds. The standard InChI is InChI=1S/C35H34F6S.HIS/c1-23(2)42-31-20-19-27(22-29(31)25-15-10-7-11-16-25)33(34(36,37)38,35(39,40)41)26-17-12-18-30(32(3,4)5)28(21-26)24-13-8-6-9-14-24;1-2/h6-17,19-23H,18H2,1-5H3;2H. The van der Waals surface area contributed by atoms with E-state index in [-0.39, 0.29) is 11.7 Å². The van der Waals surface area contributed by atoms with Crippen LogP contribution in [0, 0.1) is 5.41 Å². The largest absolute Gasteiger partial charge is 0.411 e. The molecule has 0 radical (unpaired) electrons. The second-order valence-electron chi connectivity index (χ2n) is 11.7. The maximum Gasteiger partial charge on any atom is 0.411 e. The topological polar surface area (TPSA) is 0 Å². The number of allylic oxidation sites excluding steroid dienone is 6. The minimum atomic E-state index is -5.70. The fourth-order valence-corrected chi connectivity index (χ4v) is 6.43. The average Bonchev–Trinajstić information content (AvgIpc) is 3.18. The van der Waals surface area contributed by atoms with Crippen LogP contribution in [-0.2, 0) is 5.41 Å². The highest BCUT2D eigenvalue weighted by molar-refractivity contribution is 14.2. The van der Waals surface area contributed by atoms with Crippen LogP contribution in [0.1, 0.15) is 52.2 Å². The van der Waals surface area contributed by atoms with Crippen molar-refractivity contribution in [2.24, 2.45) is 5.41 Å². The second-order valence-corrected chi connectivity index (χ2v) is 13.3. The number of benzene rings is 3. The monoisotopic (exact) mass is 760 g/mol. The number of alkyl halides is 6. The fraction of sp³-hybridized carbons (Fsp3) is 0.314. The summed E-state index contributed by atoms with van der Waals surface area (Å²) in [4.78, 5) is 0.614. The summed E-state index contributed by atoms with van der Waals surface area (Å²) in [6.07, 6.45) is -7.62. The van der Waals surface area contributed by atoms with E-state index in [0.29, 0.717) is 27.2 Å². The Kier molecular flexibility index (Phi) is 12.0. The van der Waals surface area contributed by atoms with Crippen molar-refractivity contribution in [2.75, 3.05) is 0 Å². The number of thioether (sulfide) groups is 1. The molecule has 0 saturated heterocycles. The van der Waals surface area contributed by atoms with Gasteiger partial charge in [-0.3, -0.25) is 0 Å². The van der Waals surface area contributed by atoms with E-state index in [4.69, 9.17) is 0 Å². The van der Waals surface area contributed by atoms with Crippen molar-refractivity contribution in [3.8, 4) is 11.1 Å². The van der Waals surface area contributed by atoms with E-state index in [2.05, 4.69) is 9.80 Å². The summed E-state index contributed by atoms with van der Waals surface area (Å²) < 4.78 is 92.2. The van der Waals surface area contributed by atoms with Crippen LogP contribution in [-0.4, -0.2) is 17.6 Å². The molecule has 0 bridgehead atoms. The predicted molar refractivity (Wildman–Crippen MR) is 184 cm³/mol. The molecule has 44 heavy (non-hydrogen) atoms. The summed E-state index contributed by atoms with van der Waals surface area (Å²) in [6, 6.07) is 20.7. The molecule has 0 N–H and O–H groups in total. The van der Waals surface area contributed by atoms with E-state index < -0.39 is 34.3 Å². The van der Waals surface area contributed by atoms with Crippen LogP contribution >= 0.6 is 42.8 Å². The maximum atomic E-state index is 15.4. The van der Waals surface area contributed by atoms with Crippen LogP contribution in [0.15, 0.2) is 113 Å². The summed E-state index contributed by atoms with van der Waals surface area (Å²) in [5.41, 5.74) is -3.92. The van der Waals surface area contributed by atoms with Crippen molar-refractivity contribution >= 4 is 48.3 Å². The Labute approximate surface area is 278 Å². The van der Waals surface area contributed by atoms with E-state index in [1.165, 1.54) is 23.9 Å². The fourth-order valence-electron chi connectivity index (χ4n) is 5.47. The van der Waals surface area contributed by atoms with E-state index >= 15 is 26.3 Å².